The lowest BCUT2D eigenvalue weighted by molar-refractivity contribution is -0.152. The van der Waals surface area contributed by atoms with Gasteiger partial charge in [0.05, 0.1) is 37.5 Å². The van der Waals surface area contributed by atoms with E-state index in [-0.39, 0.29) is 31.3 Å². The molecule has 3 N–H and O–H groups in total. The average molecular weight is 294 g/mol. The number of H-pyrrole nitrogens is 1. The van der Waals surface area contributed by atoms with Crippen molar-refractivity contribution < 1.29 is 19.4 Å². The topological polar surface area (TPSA) is 108 Å². The number of aromatic nitrogens is 2. The SMILES string of the molecule is O=C(O)C1Cc2nc[nH]c2CN1C(=O)CC1COCCN1. The second-order valence-electron chi connectivity index (χ2n) is 5.34. The van der Waals surface area contributed by atoms with Crippen LogP contribution in [0.2, 0.25) is 0 Å². The fourth-order valence-electron chi connectivity index (χ4n) is 2.80. The van der Waals surface area contributed by atoms with Crippen molar-refractivity contribution in [3.8, 4) is 0 Å². The number of nitrogens with one attached hydrogen (secondary N) is 2. The standard InChI is InChI=1S/C13H18N4O4/c18-12(3-8-6-21-2-1-14-8)17-5-10-9(15-7-16-10)4-11(17)13(19)20/h7-8,11,14H,1-6H2,(H,15,16)(H,19,20). The van der Waals surface area contributed by atoms with E-state index < -0.39 is 12.0 Å². The second kappa shape index (κ2) is 5.82. The van der Waals surface area contributed by atoms with Crippen LogP contribution in [0.4, 0.5) is 0 Å². The van der Waals surface area contributed by atoms with E-state index in [1.54, 1.807) is 0 Å². The van der Waals surface area contributed by atoms with Gasteiger partial charge in [0.2, 0.25) is 5.91 Å². The summed E-state index contributed by atoms with van der Waals surface area (Å²) in [4.78, 5) is 32.4. The van der Waals surface area contributed by atoms with Crippen LogP contribution in [0.5, 0.6) is 0 Å². The summed E-state index contributed by atoms with van der Waals surface area (Å²) in [5.74, 6) is -1.17. The first kappa shape index (κ1) is 14.0. The molecule has 1 aromatic heterocycles. The molecule has 114 valence electrons. The molecular weight excluding hydrogens is 276 g/mol. The van der Waals surface area contributed by atoms with Gasteiger partial charge in [0.1, 0.15) is 6.04 Å². The van der Waals surface area contributed by atoms with Crippen molar-refractivity contribution >= 4 is 11.9 Å². The summed E-state index contributed by atoms with van der Waals surface area (Å²) < 4.78 is 5.32. The smallest absolute Gasteiger partial charge is 0.326 e. The molecule has 8 nitrogen and oxygen atoms in total. The fourth-order valence-corrected chi connectivity index (χ4v) is 2.80. The van der Waals surface area contributed by atoms with Gasteiger partial charge in [-0.05, 0) is 0 Å². The number of hydrogen-bond donors (Lipinski definition) is 3. The van der Waals surface area contributed by atoms with Gasteiger partial charge in [-0.3, -0.25) is 4.79 Å². The number of morpholine rings is 1. The van der Waals surface area contributed by atoms with Crippen LogP contribution in [-0.2, 0) is 27.3 Å². The van der Waals surface area contributed by atoms with Gasteiger partial charge in [0, 0.05) is 25.4 Å². The number of hydrogen-bond acceptors (Lipinski definition) is 5. The largest absolute Gasteiger partial charge is 0.480 e. The Morgan fingerprint density at radius 1 is 1.52 bits per heavy atom. The minimum Gasteiger partial charge on any atom is -0.480 e. The number of rotatable bonds is 3. The van der Waals surface area contributed by atoms with Crippen molar-refractivity contribution in [2.45, 2.75) is 31.5 Å². The maximum Gasteiger partial charge on any atom is 0.326 e. The summed E-state index contributed by atoms with van der Waals surface area (Å²) in [5.41, 5.74) is 1.54. The van der Waals surface area contributed by atoms with Crippen LogP contribution in [0.25, 0.3) is 0 Å². The molecule has 2 aliphatic rings. The number of ether oxygens (including phenoxy) is 1. The third-order valence-corrected chi connectivity index (χ3v) is 3.92. The molecule has 0 bridgehead atoms. The van der Waals surface area contributed by atoms with Crippen molar-refractivity contribution in [1.82, 2.24) is 20.2 Å². The van der Waals surface area contributed by atoms with Gasteiger partial charge in [-0.15, -0.1) is 0 Å². The molecule has 0 aliphatic carbocycles. The van der Waals surface area contributed by atoms with E-state index in [4.69, 9.17) is 4.74 Å². The zero-order chi connectivity index (χ0) is 14.8. The number of carbonyl (C=O) groups is 2. The number of carboxylic acid groups (broad SMARTS) is 1. The lowest BCUT2D eigenvalue weighted by atomic mass is 10.0. The molecule has 1 amide bonds. The summed E-state index contributed by atoms with van der Waals surface area (Å²) in [6.45, 7) is 2.10. The van der Waals surface area contributed by atoms with Gasteiger partial charge < -0.3 is 25.0 Å². The van der Waals surface area contributed by atoms with E-state index in [1.165, 1.54) is 11.2 Å². The zero-order valence-electron chi connectivity index (χ0n) is 11.5. The van der Waals surface area contributed by atoms with Gasteiger partial charge in [-0.1, -0.05) is 0 Å². The van der Waals surface area contributed by atoms with Gasteiger partial charge in [0.25, 0.3) is 0 Å². The first-order chi connectivity index (χ1) is 10.1. The number of imidazole rings is 1. The van der Waals surface area contributed by atoms with Crippen LogP contribution in [0, 0.1) is 0 Å². The predicted molar refractivity (Wildman–Crippen MR) is 71.5 cm³/mol. The van der Waals surface area contributed by atoms with E-state index in [0.717, 1.165) is 11.4 Å². The molecule has 3 rings (SSSR count). The molecule has 8 heteroatoms. The molecule has 1 aromatic rings. The molecule has 1 fully saturated rings. The minimum atomic E-state index is -0.996. The highest BCUT2D eigenvalue weighted by Crippen LogP contribution is 2.22. The van der Waals surface area contributed by atoms with E-state index in [0.29, 0.717) is 19.8 Å². The minimum absolute atomic E-state index is 0.0520. The van der Waals surface area contributed by atoms with Crippen molar-refractivity contribution in [3.05, 3.63) is 17.7 Å². The number of fused-ring (bicyclic) bond motifs is 1. The zero-order valence-corrected chi connectivity index (χ0v) is 11.5. The quantitative estimate of drug-likeness (QED) is 0.668. The third-order valence-electron chi connectivity index (χ3n) is 3.92. The number of carboxylic acids is 1. The monoisotopic (exact) mass is 294 g/mol. The molecule has 0 saturated carbocycles. The molecule has 0 aromatic carbocycles. The first-order valence-electron chi connectivity index (χ1n) is 6.99. The number of aliphatic carboxylic acids is 1. The van der Waals surface area contributed by atoms with E-state index in [1.807, 2.05) is 0 Å². The van der Waals surface area contributed by atoms with Gasteiger partial charge in [-0.25, -0.2) is 9.78 Å². The van der Waals surface area contributed by atoms with Crippen LogP contribution in [0.1, 0.15) is 17.8 Å². The Hall–Kier alpha value is -1.93. The predicted octanol–water partition coefficient (Wildman–Crippen LogP) is -0.874. The highest BCUT2D eigenvalue weighted by molar-refractivity contribution is 5.84. The Balaban J connectivity index is 1.72. The maximum absolute atomic E-state index is 12.4. The van der Waals surface area contributed by atoms with Gasteiger partial charge in [-0.2, -0.15) is 0 Å². The van der Waals surface area contributed by atoms with Gasteiger partial charge >= 0.3 is 5.97 Å². The molecule has 2 aliphatic heterocycles. The highest BCUT2D eigenvalue weighted by Gasteiger charge is 2.36. The van der Waals surface area contributed by atoms with Crippen LogP contribution in [0.3, 0.4) is 0 Å². The highest BCUT2D eigenvalue weighted by atomic mass is 16.5. The first-order valence-corrected chi connectivity index (χ1v) is 6.99. The normalized spacial score (nSPS) is 25.4. The number of amides is 1. The molecular formula is C13H18N4O4. The second-order valence-corrected chi connectivity index (χ2v) is 5.34. The number of aromatic amines is 1. The van der Waals surface area contributed by atoms with Crippen molar-refractivity contribution in [1.29, 1.82) is 0 Å². The summed E-state index contributed by atoms with van der Waals surface area (Å²) in [6.07, 6.45) is 2.02. The van der Waals surface area contributed by atoms with Crippen LogP contribution in [0.15, 0.2) is 6.33 Å². The lowest BCUT2D eigenvalue weighted by Gasteiger charge is -2.34. The third kappa shape index (κ3) is 2.91. The Morgan fingerprint density at radius 2 is 2.38 bits per heavy atom. The summed E-state index contributed by atoms with van der Waals surface area (Å²) in [6, 6.07) is -0.901. The molecule has 0 radical (unpaired) electrons. The van der Waals surface area contributed by atoms with E-state index in [2.05, 4.69) is 15.3 Å². The Kier molecular flexibility index (Phi) is 3.89. The molecule has 3 heterocycles. The Bertz CT molecular complexity index is 538. The van der Waals surface area contributed by atoms with Gasteiger partial charge in [0.15, 0.2) is 0 Å². The molecule has 21 heavy (non-hydrogen) atoms. The van der Waals surface area contributed by atoms with E-state index in [9.17, 15) is 14.7 Å². The Labute approximate surface area is 121 Å². The van der Waals surface area contributed by atoms with Crippen molar-refractivity contribution in [2.75, 3.05) is 19.8 Å². The summed E-state index contributed by atoms with van der Waals surface area (Å²) >= 11 is 0. The lowest BCUT2D eigenvalue weighted by Crippen LogP contribution is -2.51. The summed E-state index contributed by atoms with van der Waals surface area (Å²) in [5, 5.41) is 12.6. The number of carbonyl (C=O) groups excluding carboxylic acids is 1. The Morgan fingerprint density at radius 3 is 3.10 bits per heavy atom. The van der Waals surface area contributed by atoms with Crippen LogP contribution in [-0.4, -0.2) is 63.7 Å². The molecule has 2 atom stereocenters. The fraction of sp³-hybridized carbons (Fsp3) is 0.615. The van der Waals surface area contributed by atoms with Crippen molar-refractivity contribution in [2.24, 2.45) is 0 Å². The molecule has 1 saturated heterocycles. The molecule has 2 unspecified atom stereocenters. The summed E-state index contributed by atoms with van der Waals surface area (Å²) in [7, 11) is 0. The average Bonchev–Trinajstić information content (AvgIpc) is 2.94. The van der Waals surface area contributed by atoms with Crippen LogP contribution >= 0.6 is 0 Å². The number of nitrogens with zero attached hydrogens (tertiary/aromatic N) is 2. The molecule has 0 spiro atoms. The maximum atomic E-state index is 12.4. The van der Waals surface area contributed by atoms with Crippen LogP contribution < -0.4 is 5.32 Å². The van der Waals surface area contributed by atoms with Crippen molar-refractivity contribution in [3.63, 3.8) is 0 Å². The van der Waals surface area contributed by atoms with E-state index >= 15 is 0 Å².